The summed E-state index contributed by atoms with van der Waals surface area (Å²) >= 11 is 0. The van der Waals surface area contributed by atoms with Gasteiger partial charge in [-0.15, -0.1) is 12.4 Å². The number of carboxylic acid groups (broad SMARTS) is 1. The Bertz CT molecular complexity index is 1650. The zero-order valence-electron chi connectivity index (χ0n) is 29.6. The number of rotatable bonds is 7. The van der Waals surface area contributed by atoms with Crippen molar-refractivity contribution < 1.29 is 55.0 Å². The van der Waals surface area contributed by atoms with E-state index >= 15 is 0 Å². The van der Waals surface area contributed by atoms with Gasteiger partial charge >= 0.3 is 28.4 Å². The fourth-order valence-corrected chi connectivity index (χ4v) is 7.85. The number of nitrogens with zero attached hydrogens (tertiary/aromatic N) is 6. The summed E-state index contributed by atoms with van der Waals surface area (Å²) < 4.78 is 90.4. The number of anilines is 2. The lowest BCUT2D eigenvalue weighted by atomic mass is 10.1. The van der Waals surface area contributed by atoms with Gasteiger partial charge in [-0.25, -0.2) is 32.7 Å². The summed E-state index contributed by atoms with van der Waals surface area (Å²) in [4.78, 5) is 23.5. The van der Waals surface area contributed by atoms with Crippen LogP contribution in [0.5, 0.6) is 0 Å². The van der Waals surface area contributed by atoms with Gasteiger partial charge in [-0.2, -0.15) is 31.8 Å². The summed E-state index contributed by atoms with van der Waals surface area (Å²) in [7, 11) is 0.271. The van der Waals surface area contributed by atoms with Crippen molar-refractivity contribution in [2.75, 3.05) is 48.9 Å². The number of carbonyl (C=O) groups excluding carboxylic acids is 1. The van der Waals surface area contributed by atoms with Gasteiger partial charge in [0.2, 0.25) is 0 Å². The lowest BCUT2D eigenvalue weighted by molar-refractivity contribution is -0.885. The van der Waals surface area contributed by atoms with E-state index in [4.69, 9.17) is 24.6 Å². The van der Waals surface area contributed by atoms with Gasteiger partial charge in [-0.1, -0.05) is 0 Å². The summed E-state index contributed by atoms with van der Waals surface area (Å²) in [6.07, 6.45) is 4.02. The second-order valence-corrected chi connectivity index (χ2v) is 16.3. The number of aromatic nitrogens is 4. The molecule has 5 atom stereocenters. The maximum Gasteiger partial charge on any atom is 0.490 e. The number of halogens is 4. The number of ether oxygens (including phenoxy) is 1. The van der Waals surface area contributed by atoms with Crippen molar-refractivity contribution in [1.82, 2.24) is 24.3 Å². The van der Waals surface area contributed by atoms with E-state index in [-0.39, 0.29) is 24.5 Å². The number of nitrogens with two attached hydrogens (primary N) is 1. The van der Waals surface area contributed by atoms with Crippen LogP contribution >= 0.6 is 12.4 Å². The van der Waals surface area contributed by atoms with Gasteiger partial charge in [0.25, 0.3) is 0 Å². The topological polar surface area (TPSA) is 228 Å². The van der Waals surface area contributed by atoms with Crippen LogP contribution in [-0.4, -0.2) is 113 Å². The van der Waals surface area contributed by atoms with Crippen molar-refractivity contribution in [2.24, 2.45) is 19.2 Å². The standard InChI is InChI=1S/C15H27N5O4S.C10H20N6OS.C2HF3O2.ClH/c1-15(2,3)24-14(21)17-25(22,23)20(13-9-16-19(5)11-13)12-7-6-8-18(4)10-12;1-14-5-3-4-9(7-14)16(18(11,12)17)10-6-13-15(2)8-10;3-2(4,5)1(6)7;/h9,11-12H,6-8,10H2,1-5H3,(H,17,21);6,8-9H,3-5,7H2,1-2H3,(H3,11,12,17);(H,6,7);1H/p+2. The fraction of sp³-hybridized carbons (Fsp3) is 0.704. The van der Waals surface area contributed by atoms with Crippen LogP contribution in [0.25, 0.3) is 0 Å². The minimum Gasteiger partial charge on any atom is -0.475 e. The van der Waals surface area contributed by atoms with E-state index in [2.05, 4.69) is 17.2 Å². The highest BCUT2D eigenvalue weighted by atomic mass is 35.5. The maximum absolute atomic E-state index is 12.9. The van der Waals surface area contributed by atoms with Crippen LogP contribution < -0.4 is 28.3 Å². The molecule has 5 unspecified atom stereocenters. The van der Waals surface area contributed by atoms with Gasteiger partial charge in [0.15, 0.2) is 10.1 Å². The highest BCUT2D eigenvalue weighted by Crippen LogP contribution is 2.23. The first-order valence-corrected chi connectivity index (χ1v) is 18.6. The molecule has 0 radical (unpaired) electrons. The molecule has 1 amide bonds. The number of carbonyl (C=O) groups is 2. The van der Waals surface area contributed by atoms with Crippen LogP contribution in [0, 0.1) is 4.78 Å². The number of aliphatic carboxylic acids is 1. The number of hydrogen-bond donors (Lipinski definition) is 6. The summed E-state index contributed by atoms with van der Waals surface area (Å²) in [5.41, 5.74) is 0.312. The molecule has 2 aromatic heterocycles. The highest BCUT2D eigenvalue weighted by molar-refractivity contribution is 7.91. The van der Waals surface area contributed by atoms with Crippen LogP contribution in [0.3, 0.4) is 0 Å². The molecule has 0 aliphatic carbocycles. The SMILES string of the molecule is Cl.Cn1cc(N(C2CCC[NH+](C)C2)S(=N)(N)=O)cn1.Cn1cc(N(C2CCC[NH+](C)C2)S(=O)(=O)NC(=O)OC(C)(C)C)cn1.O=C(O)C(F)(F)F. The molecular formula is C27H51ClF3N11O7S2+2. The van der Waals surface area contributed by atoms with Crippen molar-refractivity contribution in [3.63, 3.8) is 0 Å². The van der Waals surface area contributed by atoms with Gasteiger partial charge in [0.05, 0.1) is 76.1 Å². The van der Waals surface area contributed by atoms with E-state index in [9.17, 15) is 30.6 Å². The number of quaternary nitrogens is 2. The summed E-state index contributed by atoms with van der Waals surface area (Å²) in [5, 5.41) is 20.8. The van der Waals surface area contributed by atoms with Crippen molar-refractivity contribution >= 4 is 56.2 Å². The molecule has 0 saturated carbocycles. The molecule has 2 fully saturated rings. The number of hydrogen-bond acceptors (Lipinski definition) is 9. The van der Waals surface area contributed by atoms with Crippen LogP contribution in [0.2, 0.25) is 0 Å². The van der Waals surface area contributed by atoms with E-state index in [1.54, 1.807) is 58.1 Å². The minimum absolute atomic E-state index is 0. The lowest BCUT2D eigenvalue weighted by Crippen LogP contribution is -3.11. The van der Waals surface area contributed by atoms with E-state index in [0.29, 0.717) is 17.9 Å². The first-order valence-electron chi connectivity index (χ1n) is 15.6. The van der Waals surface area contributed by atoms with Gasteiger partial charge in [0.1, 0.15) is 5.60 Å². The molecule has 0 spiro atoms. The molecule has 51 heavy (non-hydrogen) atoms. The largest absolute Gasteiger partial charge is 0.490 e. The van der Waals surface area contributed by atoms with E-state index in [1.165, 1.54) is 29.3 Å². The number of piperidine rings is 2. The molecule has 2 aliphatic rings. The zero-order chi connectivity index (χ0) is 38.2. The Morgan fingerprint density at radius 3 is 1.67 bits per heavy atom. The summed E-state index contributed by atoms with van der Waals surface area (Å²) in [5.74, 6) is -2.76. The molecule has 18 nitrogen and oxygen atoms in total. The Kier molecular flexibility index (Phi) is 16.5. The third-order valence-corrected chi connectivity index (χ3v) is 9.95. The van der Waals surface area contributed by atoms with Gasteiger partial charge in [-0.05, 0) is 46.5 Å². The van der Waals surface area contributed by atoms with Crippen molar-refractivity contribution in [3.05, 3.63) is 24.8 Å². The van der Waals surface area contributed by atoms with E-state index in [1.807, 2.05) is 11.8 Å². The number of likely N-dealkylation sites (tertiary alicyclic amines) is 2. The van der Waals surface area contributed by atoms with Crippen molar-refractivity contribution in [1.29, 1.82) is 4.78 Å². The van der Waals surface area contributed by atoms with E-state index < -0.39 is 44.2 Å². The second-order valence-electron chi connectivity index (χ2n) is 13.3. The lowest BCUT2D eigenvalue weighted by Gasteiger charge is -2.35. The number of likely N-dealkylation sites (N-methyl/N-ethyl adjacent to an activating group) is 2. The Hall–Kier alpha value is -3.38. The van der Waals surface area contributed by atoms with Gasteiger partial charge < -0.3 is 19.6 Å². The maximum atomic E-state index is 12.9. The average Bonchev–Trinajstić information content (AvgIpc) is 3.54. The first kappa shape index (κ1) is 45.6. The molecule has 294 valence electrons. The fourth-order valence-electron chi connectivity index (χ4n) is 5.52. The molecule has 0 bridgehead atoms. The minimum atomic E-state index is -5.08. The normalized spacial score (nSPS) is 21.9. The molecule has 2 aliphatic heterocycles. The molecule has 2 saturated heterocycles. The Morgan fingerprint density at radius 2 is 1.35 bits per heavy atom. The molecule has 4 heterocycles. The molecule has 0 aromatic carbocycles. The number of carboxylic acids is 1. The van der Waals surface area contributed by atoms with Crippen molar-refractivity contribution in [2.45, 2.75) is 70.3 Å². The molecular weight excluding hydrogens is 747 g/mol. The third kappa shape index (κ3) is 15.0. The zero-order valence-corrected chi connectivity index (χ0v) is 32.1. The molecule has 24 heteroatoms. The average molecular weight is 798 g/mol. The first-order chi connectivity index (χ1) is 22.8. The number of amides is 1. The predicted molar refractivity (Wildman–Crippen MR) is 185 cm³/mol. The molecule has 4 rings (SSSR count). The third-order valence-electron chi connectivity index (χ3n) is 7.41. The van der Waals surface area contributed by atoms with Crippen LogP contribution in [0.4, 0.5) is 29.3 Å². The summed E-state index contributed by atoms with van der Waals surface area (Å²) in [6.45, 7) is 8.65. The molecule has 2 aromatic rings. The van der Waals surface area contributed by atoms with Crippen LogP contribution in [0.15, 0.2) is 24.8 Å². The summed E-state index contributed by atoms with van der Waals surface area (Å²) in [6, 6.07) is -0.212. The molecule has 7 N–H and O–H groups in total. The van der Waals surface area contributed by atoms with Crippen molar-refractivity contribution in [3.8, 4) is 0 Å². The number of aryl methyl sites for hydroxylation is 2. The monoisotopic (exact) mass is 797 g/mol. The Labute approximate surface area is 302 Å². The quantitative estimate of drug-likeness (QED) is 0.211. The van der Waals surface area contributed by atoms with Gasteiger partial charge in [-0.3, -0.25) is 13.7 Å². The smallest absolute Gasteiger partial charge is 0.475 e. The predicted octanol–water partition coefficient (Wildman–Crippen LogP) is -0.533. The number of alkyl halides is 3. The number of nitrogens with one attached hydrogen (secondary N) is 4. The second kappa shape index (κ2) is 18.4. The van der Waals surface area contributed by atoms with Crippen LogP contribution in [0.1, 0.15) is 46.5 Å². The Morgan fingerprint density at radius 1 is 0.961 bits per heavy atom. The Balaban J connectivity index is 0.000000437. The van der Waals surface area contributed by atoms with Crippen LogP contribution in [-0.2, 0) is 43.9 Å². The highest BCUT2D eigenvalue weighted by Gasteiger charge is 2.39. The van der Waals surface area contributed by atoms with E-state index in [0.717, 1.165) is 45.3 Å². The van der Waals surface area contributed by atoms with Gasteiger partial charge in [0, 0.05) is 26.5 Å².